The molecule has 0 saturated heterocycles. The lowest BCUT2D eigenvalue weighted by Gasteiger charge is -2.17. The summed E-state index contributed by atoms with van der Waals surface area (Å²) in [6.45, 7) is 0. The second-order valence-electron chi connectivity index (χ2n) is 4.03. The molecule has 82 valence electrons. The number of thiazole rings is 1. The van der Waals surface area contributed by atoms with Gasteiger partial charge in [-0.2, -0.15) is 0 Å². The van der Waals surface area contributed by atoms with Crippen LogP contribution in [0.4, 0.5) is 5.13 Å². The number of benzene rings is 1. The highest BCUT2D eigenvalue weighted by Gasteiger charge is 2.29. The number of nitrogens with zero attached hydrogens (tertiary/aromatic N) is 1. The Morgan fingerprint density at radius 1 is 1.38 bits per heavy atom. The minimum Gasteiger partial charge on any atom is -0.353 e. The average Bonchev–Trinajstić information content (AvgIpc) is 2.89. The van der Waals surface area contributed by atoms with Crippen LogP contribution in [0.2, 0.25) is 0 Å². The van der Waals surface area contributed by atoms with Gasteiger partial charge in [0, 0.05) is 17.6 Å². The highest BCUT2D eigenvalue weighted by atomic mass is 32.1. The van der Waals surface area contributed by atoms with Gasteiger partial charge in [0.25, 0.3) is 0 Å². The predicted octanol–water partition coefficient (Wildman–Crippen LogP) is 2.18. The number of anilines is 1. The summed E-state index contributed by atoms with van der Waals surface area (Å²) in [5.74, 6) is 0. The van der Waals surface area contributed by atoms with Crippen molar-refractivity contribution in [2.24, 2.45) is 5.73 Å². The van der Waals surface area contributed by atoms with E-state index < -0.39 is 0 Å². The van der Waals surface area contributed by atoms with Gasteiger partial charge >= 0.3 is 0 Å². The summed E-state index contributed by atoms with van der Waals surface area (Å²) in [6.07, 6.45) is 2.75. The van der Waals surface area contributed by atoms with Crippen molar-refractivity contribution in [3.8, 4) is 0 Å². The molecule has 1 aliphatic carbocycles. The van der Waals surface area contributed by atoms with Crippen molar-refractivity contribution in [3.05, 3.63) is 47.0 Å². The molecule has 2 unspecified atom stereocenters. The van der Waals surface area contributed by atoms with E-state index in [0.717, 1.165) is 11.6 Å². The van der Waals surface area contributed by atoms with Crippen LogP contribution in [0.15, 0.2) is 35.8 Å². The van der Waals surface area contributed by atoms with E-state index in [-0.39, 0.29) is 12.1 Å². The summed E-state index contributed by atoms with van der Waals surface area (Å²) in [5, 5.41) is 6.32. The van der Waals surface area contributed by atoms with Gasteiger partial charge in [-0.25, -0.2) is 4.98 Å². The fraction of sp³-hybridized carbons (Fsp3) is 0.250. The molecule has 4 heteroatoms. The topological polar surface area (TPSA) is 50.9 Å². The summed E-state index contributed by atoms with van der Waals surface area (Å²) >= 11 is 1.61. The van der Waals surface area contributed by atoms with Gasteiger partial charge < -0.3 is 11.1 Å². The molecule has 2 atom stereocenters. The van der Waals surface area contributed by atoms with Gasteiger partial charge in [-0.1, -0.05) is 24.3 Å². The van der Waals surface area contributed by atoms with Gasteiger partial charge in [0.2, 0.25) is 0 Å². The molecule has 0 radical (unpaired) electrons. The molecule has 0 fully saturated rings. The smallest absolute Gasteiger partial charge is 0.183 e. The van der Waals surface area contributed by atoms with Crippen LogP contribution in [0.3, 0.4) is 0 Å². The van der Waals surface area contributed by atoms with Crippen molar-refractivity contribution in [3.63, 3.8) is 0 Å². The van der Waals surface area contributed by atoms with Gasteiger partial charge in [0.05, 0.1) is 6.04 Å². The highest BCUT2D eigenvalue weighted by molar-refractivity contribution is 7.13. The molecule has 3 nitrogen and oxygen atoms in total. The van der Waals surface area contributed by atoms with Crippen LogP contribution in [-0.2, 0) is 6.42 Å². The zero-order valence-corrected chi connectivity index (χ0v) is 9.58. The van der Waals surface area contributed by atoms with E-state index in [1.165, 1.54) is 11.1 Å². The number of nitrogens with one attached hydrogen (secondary N) is 1. The van der Waals surface area contributed by atoms with Crippen LogP contribution in [-0.4, -0.2) is 11.0 Å². The standard InChI is InChI=1S/C12H13N3S/c13-10-7-8-3-1-2-4-9(8)11(10)15-12-14-5-6-16-12/h1-6,10-11H,7,13H2,(H,14,15). The fourth-order valence-corrected chi connectivity index (χ4v) is 2.81. The maximum absolute atomic E-state index is 6.16. The second kappa shape index (κ2) is 3.88. The summed E-state index contributed by atoms with van der Waals surface area (Å²) in [4.78, 5) is 4.24. The predicted molar refractivity (Wildman–Crippen MR) is 66.6 cm³/mol. The lowest BCUT2D eigenvalue weighted by Crippen LogP contribution is -2.29. The van der Waals surface area contributed by atoms with Gasteiger partial charge in [0.15, 0.2) is 5.13 Å². The second-order valence-corrected chi connectivity index (χ2v) is 4.92. The van der Waals surface area contributed by atoms with Crippen LogP contribution < -0.4 is 11.1 Å². The molecule has 0 saturated carbocycles. The first-order chi connectivity index (χ1) is 7.84. The Kier molecular flexibility index (Phi) is 2.38. The fourth-order valence-electron chi connectivity index (χ4n) is 2.24. The lowest BCUT2D eigenvalue weighted by atomic mass is 10.1. The van der Waals surface area contributed by atoms with Crippen LogP contribution in [0.1, 0.15) is 17.2 Å². The van der Waals surface area contributed by atoms with Crippen LogP contribution in [0.5, 0.6) is 0 Å². The molecule has 0 bridgehead atoms. The third-order valence-corrected chi connectivity index (χ3v) is 3.69. The van der Waals surface area contributed by atoms with Crippen LogP contribution in [0, 0.1) is 0 Å². The maximum atomic E-state index is 6.16. The molecule has 0 aliphatic heterocycles. The van der Waals surface area contributed by atoms with E-state index in [4.69, 9.17) is 5.73 Å². The zero-order valence-electron chi connectivity index (χ0n) is 8.76. The molecule has 2 aromatic rings. The van der Waals surface area contributed by atoms with Gasteiger partial charge in [-0.15, -0.1) is 11.3 Å². The molecule has 16 heavy (non-hydrogen) atoms. The molecular weight excluding hydrogens is 218 g/mol. The summed E-state index contributed by atoms with van der Waals surface area (Å²) in [7, 11) is 0. The average molecular weight is 231 g/mol. The van der Waals surface area contributed by atoms with E-state index >= 15 is 0 Å². The Labute approximate surface area is 98.3 Å². The number of hydrogen-bond donors (Lipinski definition) is 2. The van der Waals surface area contributed by atoms with E-state index in [1.807, 2.05) is 5.38 Å². The Hall–Kier alpha value is -1.39. The first kappa shape index (κ1) is 9.81. The molecule has 1 heterocycles. The van der Waals surface area contributed by atoms with Crippen LogP contribution in [0.25, 0.3) is 0 Å². The van der Waals surface area contributed by atoms with E-state index in [2.05, 4.69) is 34.6 Å². The van der Waals surface area contributed by atoms with Gasteiger partial charge in [0.1, 0.15) is 0 Å². The summed E-state index contributed by atoms with van der Waals surface area (Å²) < 4.78 is 0. The number of fused-ring (bicyclic) bond motifs is 1. The molecule has 3 rings (SSSR count). The SMILES string of the molecule is NC1Cc2ccccc2C1Nc1nccs1. The Morgan fingerprint density at radius 3 is 3.06 bits per heavy atom. The number of nitrogens with two attached hydrogens (primary N) is 1. The minimum atomic E-state index is 0.140. The molecule has 1 aromatic carbocycles. The maximum Gasteiger partial charge on any atom is 0.183 e. The van der Waals surface area contributed by atoms with Crippen molar-refractivity contribution in [2.75, 3.05) is 5.32 Å². The third-order valence-electron chi connectivity index (χ3n) is 2.99. The molecular formula is C12H13N3S. The quantitative estimate of drug-likeness (QED) is 0.833. The monoisotopic (exact) mass is 231 g/mol. The van der Waals surface area contributed by atoms with Crippen molar-refractivity contribution in [1.29, 1.82) is 0 Å². The Balaban J connectivity index is 1.90. The molecule has 3 N–H and O–H groups in total. The lowest BCUT2D eigenvalue weighted by molar-refractivity contribution is 0.625. The number of rotatable bonds is 2. The van der Waals surface area contributed by atoms with Crippen molar-refractivity contribution >= 4 is 16.5 Å². The van der Waals surface area contributed by atoms with E-state index in [0.29, 0.717) is 0 Å². The first-order valence-corrected chi connectivity index (χ1v) is 6.22. The van der Waals surface area contributed by atoms with Crippen molar-refractivity contribution in [1.82, 2.24) is 4.98 Å². The van der Waals surface area contributed by atoms with E-state index in [9.17, 15) is 0 Å². The first-order valence-electron chi connectivity index (χ1n) is 5.34. The largest absolute Gasteiger partial charge is 0.353 e. The van der Waals surface area contributed by atoms with Crippen molar-refractivity contribution in [2.45, 2.75) is 18.5 Å². The Bertz CT molecular complexity index is 481. The van der Waals surface area contributed by atoms with Crippen molar-refractivity contribution < 1.29 is 0 Å². The molecule has 0 amide bonds. The number of aromatic nitrogens is 1. The summed E-state index contributed by atoms with van der Waals surface area (Å²) in [6, 6.07) is 8.76. The third kappa shape index (κ3) is 1.60. The summed E-state index contributed by atoms with van der Waals surface area (Å²) in [5.41, 5.74) is 8.82. The van der Waals surface area contributed by atoms with Crippen LogP contribution >= 0.6 is 11.3 Å². The Morgan fingerprint density at radius 2 is 2.25 bits per heavy atom. The number of hydrogen-bond acceptors (Lipinski definition) is 4. The normalized spacial score (nSPS) is 23.1. The van der Waals surface area contributed by atoms with Gasteiger partial charge in [-0.3, -0.25) is 0 Å². The molecule has 1 aromatic heterocycles. The zero-order chi connectivity index (χ0) is 11.0. The minimum absolute atomic E-state index is 0.140. The molecule has 0 spiro atoms. The van der Waals surface area contributed by atoms with E-state index in [1.54, 1.807) is 17.5 Å². The highest BCUT2D eigenvalue weighted by Crippen LogP contribution is 2.33. The molecule has 1 aliphatic rings. The van der Waals surface area contributed by atoms with Gasteiger partial charge in [-0.05, 0) is 17.5 Å².